The Labute approximate surface area is 101 Å². The number of pyridine rings is 1. The van der Waals surface area contributed by atoms with E-state index in [9.17, 15) is 0 Å². The fraction of sp³-hybridized carbons (Fsp3) is 0.583. The first-order chi connectivity index (χ1) is 7.66. The van der Waals surface area contributed by atoms with Crippen LogP contribution < -0.4 is 5.73 Å². The van der Waals surface area contributed by atoms with Gasteiger partial charge in [0.25, 0.3) is 0 Å². The fourth-order valence-corrected chi connectivity index (χ4v) is 2.87. The van der Waals surface area contributed by atoms with Gasteiger partial charge in [-0.05, 0) is 32.4 Å². The molecule has 1 aromatic heterocycles. The van der Waals surface area contributed by atoms with Crippen molar-refractivity contribution in [2.45, 2.75) is 42.6 Å². The highest BCUT2D eigenvalue weighted by Crippen LogP contribution is 2.32. The molecule has 1 saturated heterocycles. The zero-order valence-corrected chi connectivity index (χ0v) is 10.5. The average molecular weight is 238 g/mol. The van der Waals surface area contributed by atoms with Gasteiger partial charge in [-0.2, -0.15) is 0 Å². The fourth-order valence-electron chi connectivity index (χ4n) is 1.77. The number of thioether (sulfide) groups is 1. The molecular formula is C12H18N2OS. The number of aromatic nitrogens is 1. The van der Waals surface area contributed by atoms with Crippen LogP contribution in [0.5, 0.6) is 0 Å². The molecule has 2 N–H and O–H groups in total. The third-order valence-electron chi connectivity index (χ3n) is 2.82. The van der Waals surface area contributed by atoms with E-state index >= 15 is 0 Å². The molecule has 0 radical (unpaired) electrons. The zero-order valence-electron chi connectivity index (χ0n) is 9.72. The second-order valence-electron chi connectivity index (χ2n) is 4.23. The molecule has 0 amide bonds. The number of hydrogen-bond acceptors (Lipinski definition) is 4. The quantitative estimate of drug-likeness (QED) is 0.878. The van der Waals surface area contributed by atoms with Crippen molar-refractivity contribution in [3.8, 4) is 0 Å². The average Bonchev–Trinajstić information content (AvgIpc) is 2.65. The third-order valence-corrected chi connectivity index (χ3v) is 4.26. The van der Waals surface area contributed by atoms with Crippen LogP contribution in [0.25, 0.3) is 0 Å². The molecule has 1 fully saturated rings. The summed E-state index contributed by atoms with van der Waals surface area (Å²) in [7, 11) is 0. The van der Waals surface area contributed by atoms with Crippen LogP contribution in [0.2, 0.25) is 0 Å². The lowest BCUT2D eigenvalue weighted by Crippen LogP contribution is -2.13. The molecule has 0 saturated carbocycles. The minimum absolute atomic E-state index is 0.00721. The number of ether oxygens (including phenoxy) is 1. The molecule has 88 valence electrons. The summed E-state index contributed by atoms with van der Waals surface area (Å²) in [4.78, 5) is 5.56. The van der Waals surface area contributed by atoms with Crippen molar-refractivity contribution in [1.29, 1.82) is 0 Å². The summed E-state index contributed by atoms with van der Waals surface area (Å²) in [6, 6.07) is 4.11. The SMILES string of the molecule is CC1OCCC1Sc1ccc([C@@H](C)N)nc1. The molecule has 16 heavy (non-hydrogen) atoms. The van der Waals surface area contributed by atoms with Gasteiger partial charge in [-0.1, -0.05) is 0 Å². The van der Waals surface area contributed by atoms with Gasteiger partial charge in [-0.3, -0.25) is 4.98 Å². The van der Waals surface area contributed by atoms with Crippen molar-refractivity contribution in [1.82, 2.24) is 4.98 Å². The monoisotopic (exact) mass is 238 g/mol. The Kier molecular flexibility index (Phi) is 3.84. The van der Waals surface area contributed by atoms with Crippen molar-refractivity contribution in [2.24, 2.45) is 5.73 Å². The van der Waals surface area contributed by atoms with Crippen LogP contribution >= 0.6 is 11.8 Å². The van der Waals surface area contributed by atoms with Gasteiger partial charge in [0, 0.05) is 29.0 Å². The third kappa shape index (κ3) is 2.75. The molecule has 4 heteroatoms. The van der Waals surface area contributed by atoms with E-state index in [1.54, 1.807) is 0 Å². The molecule has 2 rings (SSSR count). The van der Waals surface area contributed by atoms with E-state index < -0.39 is 0 Å². The van der Waals surface area contributed by atoms with Crippen molar-refractivity contribution in [3.05, 3.63) is 24.0 Å². The number of rotatable bonds is 3. The van der Waals surface area contributed by atoms with Crippen molar-refractivity contribution >= 4 is 11.8 Å². The van der Waals surface area contributed by atoms with Gasteiger partial charge in [0.05, 0.1) is 11.8 Å². The van der Waals surface area contributed by atoms with Crippen LogP contribution in [-0.2, 0) is 4.74 Å². The van der Waals surface area contributed by atoms with Crippen molar-refractivity contribution in [3.63, 3.8) is 0 Å². The lowest BCUT2D eigenvalue weighted by molar-refractivity contribution is 0.127. The minimum Gasteiger partial charge on any atom is -0.377 e. The van der Waals surface area contributed by atoms with Gasteiger partial charge < -0.3 is 10.5 Å². The van der Waals surface area contributed by atoms with Gasteiger partial charge >= 0.3 is 0 Å². The van der Waals surface area contributed by atoms with Gasteiger partial charge in [-0.15, -0.1) is 11.8 Å². The number of nitrogens with two attached hydrogens (primary N) is 1. The lowest BCUT2D eigenvalue weighted by Gasteiger charge is -2.13. The van der Waals surface area contributed by atoms with Crippen LogP contribution in [0.15, 0.2) is 23.2 Å². The molecule has 1 aromatic rings. The molecule has 1 aliphatic heterocycles. The van der Waals surface area contributed by atoms with E-state index in [2.05, 4.69) is 18.0 Å². The predicted octanol–water partition coefficient (Wildman–Crippen LogP) is 2.37. The first kappa shape index (κ1) is 11.9. The molecule has 3 atom stereocenters. The highest BCUT2D eigenvalue weighted by molar-refractivity contribution is 8.00. The maximum Gasteiger partial charge on any atom is 0.0669 e. The number of nitrogens with zero attached hydrogens (tertiary/aromatic N) is 1. The van der Waals surface area contributed by atoms with Gasteiger partial charge in [0.15, 0.2) is 0 Å². The largest absolute Gasteiger partial charge is 0.377 e. The van der Waals surface area contributed by atoms with Gasteiger partial charge in [-0.25, -0.2) is 0 Å². The maximum absolute atomic E-state index is 5.76. The molecule has 2 unspecified atom stereocenters. The van der Waals surface area contributed by atoms with E-state index in [0.717, 1.165) is 18.7 Å². The zero-order chi connectivity index (χ0) is 11.5. The summed E-state index contributed by atoms with van der Waals surface area (Å²) in [5.41, 5.74) is 6.70. The summed E-state index contributed by atoms with van der Waals surface area (Å²) in [6.45, 7) is 4.96. The standard InChI is InChI=1S/C12H18N2OS/c1-8(13)11-4-3-10(7-14-11)16-12-5-6-15-9(12)2/h3-4,7-9,12H,5-6,13H2,1-2H3/t8-,9?,12?/m1/s1. The Morgan fingerprint density at radius 1 is 1.56 bits per heavy atom. The molecular weight excluding hydrogens is 220 g/mol. The molecule has 0 aromatic carbocycles. The van der Waals surface area contributed by atoms with Crippen LogP contribution in [0.4, 0.5) is 0 Å². The van der Waals surface area contributed by atoms with Crippen molar-refractivity contribution < 1.29 is 4.74 Å². The van der Waals surface area contributed by atoms with Crippen LogP contribution in [0, 0.1) is 0 Å². The molecule has 0 bridgehead atoms. The Hall–Kier alpha value is -0.580. The number of hydrogen-bond donors (Lipinski definition) is 1. The minimum atomic E-state index is 0.00721. The van der Waals surface area contributed by atoms with Crippen LogP contribution in [0.3, 0.4) is 0 Å². The Balaban J connectivity index is 1.99. The highest BCUT2D eigenvalue weighted by atomic mass is 32.2. The van der Waals surface area contributed by atoms with E-state index in [4.69, 9.17) is 10.5 Å². The second kappa shape index (κ2) is 5.17. The maximum atomic E-state index is 5.76. The van der Waals surface area contributed by atoms with Crippen LogP contribution in [-0.4, -0.2) is 22.9 Å². The summed E-state index contributed by atoms with van der Waals surface area (Å²) in [5.74, 6) is 0. The van der Waals surface area contributed by atoms with E-state index in [1.165, 1.54) is 4.90 Å². The smallest absolute Gasteiger partial charge is 0.0669 e. The molecule has 1 aliphatic rings. The highest BCUT2D eigenvalue weighted by Gasteiger charge is 2.25. The Morgan fingerprint density at radius 2 is 2.38 bits per heavy atom. The molecule has 2 heterocycles. The van der Waals surface area contributed by atoms with Gasteiger partial charge in [0.2, 0.25) is 0 Å². The molecule has 3 nitrogen and oxygen atoms in total. The summed E-state index contributed by atoms with van der Waals surface area (Å²) < 4.78 is 5.54. The van der Waals surface area contributed by atoms with E-state index in [1.807, 2.05) is 30.9 Å². The summed E-state index contributed by atoms with van der Waals surface area (Å²) >= 11 is 1.85. The topological polar surface area (TPSA) is 48.1 Å². The lowest BCUT2D eigenvalue weighted by atomic mass is 10.2. The van der Waals surface area contributed by atoms with Crippen LogP contribution in [0.1, 0.15) is 32.0 Å². The summed E-state index contributed by atoms with van der Waals surface area (Å²) in [5, 5.41) is 0.558. The first-order valence-electron chi connectivity index (χ1n) is 5.66. The van der Waals surface area contributed by atoms with E-state index in [-0.39, 0.29) is 6.04 Å². The Bertz CT molecular complexity index is 339. The predicted molar refractivity (Wildman–Crippen MR) is 66.5 cm³/mol. The van der Waals surface area contributed by atoms with Crippen molar-refractivity contribution in [2.75, 3.05) is 6.61 Å². The first-order valence-corrected chi connectivity index (χ1v) is 6.54. The summed E-state index contributed by atoms with van der Waals surface area (Å²) in [6.07, 6.45) is 3.38. The second-order valence-corrected chi connectivity index (χ2v) is 5.54. The molecule has 0 aliphatic carbocycles. The van der Waals surface area contributed by atoms with Gasteiger partial charge in [0.1, 0.15) is 0 Å². The van der Waals surface area contributed by atoms with E-state index in [0.29, 0.717) is 11.4 Å². The molecule has 0 spiro atoms. The Morgan fingerprint density at radius 3 is 2.88 bits per heavy atom. The normalized spacial score (nSPS) is 26.9.